The van der Waals surface area contributed by atoms with E-state index >= 15 is 0 Å². The third kappa shape index (κ3) is 3.90. The molecule has 1 aliphatic carbocycles. The summed E-state index contributed by atoms with van der Waals surface area (Å²) in [5.41, 5.74) is 0.910. The molecule has 1 saturated carbocycles. The summed E-state index contributed by atoms with van der Waals surface area (Å²) in [5, 5.41) is 4.90. The number of ether oxygens (including phenoxy) is 1. The van der Waals surface area contributed by atoms with E-state index in [9.17, 15) is 9.59 Å². The van der Waals surface area contributed by atoms with Crippen molar-refractivity contribution in [1.82, 2.24) is 14.8 Å². The van der Waals surface area contributed by atoms with Crippen LogP contribution in [0.2, 0.25) is 0 Å². The molecule has 0 radical (unpaired) electrons. The van der Waals surface area contributed by atoms with Crippen LogP contribution >= 0.6 is 11.3 Å². The van der Waals surface area contributed by atoms with E-state index < -0.39 is 0 Å². The third-order valence-corrected chi connectivity index (χ3v) is 6.24. The van der Waals surface area contributed by atoms with E-state index in [0.29, 0.717) is 6.54 Å². The molecule has 0 spiro atoms. The maximum Gasteiger partial charge on any atom is 0.307 e. The van der Waals surface area contributed by atoms with Crippen LogP contribution in [-0.4, -0.2) is 53.8 Å². The molecule has 1 aromatic rings. The number of aromatic nitrogens is 1. The van der Waals surface area contributed by atoms with Gasteiger partial charge in [0.05, 0.1) is 13.2 Å². The fraction of sp³-hybridized carbons (Fsp3) is 0.765. The van der Waals surface area contributed by atoms with E-state index in [2.05, 4.69) is 10.2 Å². The largest absolute Gasteiger partial charge is 0.379 e. The zero-order chi connectivity index (χ0) is 17.0. The van der Waals surface area contributed by atoms with E-state index in [1.807, 2.05) is 6.92 Å². The van der Waals surface area contributed by atoms with Crippen LogP contribution in [0, 0.1) is 6.92 Å². The van der Waals surface area contributed by atoms with Gasteiger partial charge in [-0.2, -0.15) is 0 Å². The van der Waals surface area contributed by atoms with E-state index in [-0.39, 0.29) is 22.9 Å². The predicted molar refractivity (Wildman–Crippen MR) is 94.5 cm³/mol. The topological polar surface area (TPSA) is 63.6 Å². The molecule has 2 fully saturated rings. The number of aryl methyl sites for hydroxylation is 1. The zero-order valence-electron chi connectivity index (χ0n) is 14.4. The van der Waals surface area contributed by atoms with Crippen molar-refractivity contribution < 1.29 is 9.53 Å². The second-order valence-corrected chi connectivity index (χ2v) is 7.71. The lowest BCUT2D eigenvalue weighted by Gasteiger charge is -2.48. The van der Waals surface area contributed by atoms with Gasteiger partial charge in [-0.15, -0.1) is 0 Å². The number of morpholine rings is 1. The fourth-order valence-electron chi connectivity index (χ4n) is 3.91. The minimum atomic E-state index is -0.0724. The molecule has 2 aliphatic rings. The Morgan fingerprint density at radius 2 is 2.00 bits per heavy atom. The van der Waals surface area contributed by atoms with Gasteiger partial charge >= 0.3 is 4.87 Å². The monoisotopic (exact) mass is 353 g/mol. The number of carbonyl (C=O) groups is 1. The van der Waals surface area contributed by atoms with Crippen LogP contribution in [0.25, 0.3) is 0 Å². The van der Waals surface area contributed by atoms with Gasteiger partial charge in [-0.25, -0.2) is 0 Å². The number of hydrogen-bond donors (Lipinski definition) is 1. The fourth-order valence-corrected chi connectivity index (χ4v) is 4.65. The van der Waals surface area contributed by atoms with Gasteiger partial charge in [0.25, 0.3) is 0 Å². The number of rotatable bonds is 5. The van der Waals surface area contributed by atoms with Crippen LogP contribution in [0.15, 0.2) is 10.2 Å². The quantitative estimate of drug-likeness (QED) is 0.868. The SMILES string of the molecule is Cc1csc(=O)n1CC(=O)NCC1(N2CCOCC2)CCCCC1. The molecule has 0 unspecified atom stereocenters. The van der Waals surface area contributed by atoms with E-state index in [4.69, 9.17) is 4.74 Å². The molecule has 24 heavy (non-hydrogen) atoms. The molecule has 1 N–H and O–H groups in total. The van der Waals surface area contributed by atoms with Crippen molar-refractivity contribution in [3.8, 4) is 0 Å². The first-order valence-electron chi connectivity index (χ1n) is 8.85. The Morgan fingerprint density at radius 1 is 1.29 bits per heavy atom. The zero-order valence-corrected chi connectivity index (χ0v) is 15.2. The highest BCUT2D eigenvalue weighted by molar-refractivity contribution is 7.07. The number of carbonyl (C=O) groups excluding carboxylic acids is 1. The van der Waals surface area contributed by atoms with Crippen molar-refractivity contribution in [3.05, 3.63) is 20.7 Å². The molecular weight excluding hydrogens is 326 g/mol. The first-order chi connectivity index (χ1) is 11.6. The average molecular weight is 353 g/mol. The molecule has 2 heterocycles. The minimum absolute atomic E-state index is 0.0618. The summed E-state index contributed by atoms with van der Waals surface area (Å²) in [6.45, 7) is 6.09. The van der Waals surface area contributed by atoms with Crippen LogP contribution < -0.4 is 10.2 Å². The Bertz CT molecular complexity index is 613. The van der Waals surface area contributed by atoms with E-state index in [1.54, 1.807) is 9.95 Å². The lowest BCUT2D eigenvalue weighted by atomic mass is 9.79. The molecule has 1 saturated heterocycles. The summed E-state index contributed by atoms with van der Waals surface area (Å²) >= 11 is 1.15. The molecule has 0 aromatic carbocycles. The standard InChI is InChI=1S/C17H27N3O3S/c1-14-12-24-16(22)20(14)11-15(21)18-13-17(5-3-2-4-6-17)19-7-9-23-10-8-19/h12H,2-11,13H2,1H3,(H,18,21). The normalized spacial score (nSPS) is 21.5. The van der Waals surface area contributed by atoms with Crippen LogP contribution in [-0.2, 0) is 16.1 Å². The van der Waals surface area contributed by atoms with Crippen molar-refractivity contribution >= 4 is 17.2 Å². The van der Waals surface area contributed by atoms with Gasteiger partial charge in [-0.05, 0) is 19.8 Å². The Balaban J connectivity index is 1.62. The van der Waals surface area contributed by atoms with Gasteiger partial charge in [0.2, 0.25) is 5.91 Å². The first kappa shape index (κ1) is 17.6. The molecule has 6 nitrogen and oxygen atoms in total. The molecule has 3 rings (SSSR count). The lowest BCUT2D eigenvalue weighted by Crippen LogP contribution is -2.59. The summed E-state index contributed by atoms with van der Waals surface area (Å²) in [5.74, 6) is -0.0724. The first-order valence-corrected chi connectivity index (χ1v) is 9.73. The summed E-state index contributed by atoms with van der Waals surface area (Å²) in [7, 11) is 0. The second kappa shape index (κ2) is 7.80. The van der Waals surface area contributed by atoms with Crippen molar-refractivity contribution in [2.75, 3.05) is 32.8 Å². The molecule has 1 aromatic heterocycles. The van der Waals surface area contributed by atoms with Crippen LogP contribution in [0.4, 0.5) is 0 Å². The molecular formula is C17H27N3O3S. The van der Waals surface area contributed by atoms with E-state index in [0.717, 1.165) is 56.2 Å². The Labute approximate surface area is 146 Å². The lowest BCUT2D eigenvalue weighted by molar-refractivity contribution is -0.123. The van der Waals surface area contributed by atoms with Crippen molar-refractivity contribution in [1.29, 1.82) is 0 Å². The maximum absolute atomic E-state index is 12.4. The summed E-state index contributed by atoms with van der Waals surface area (Å²) < 4.78 is 7.04. The predicted octanol–water partition coefficient (Wildman–Crippen LogP) is 1.37. The number of nitrogens with one attached hydrogen (secondary N) is 1. The third-order valence-electron chi connectivity index (χ3n) is 5.36. The number of nitrogens with zero attached hydrogens (tertiary/aromatic N) is 2. The Kier molecular flexibility index (Phi) is 5.73. The Hall–Kier alpha value is -1.18. The molecule has 1 aliphatic heterocycles. The smallest absolute Gasteiger partial charge is 0.307 e. The molecule has 0 atom stereocenters. The van der Waals surface area contributed by atoms with E-state index in [1.165, 1.54) is 19.3 Å². The van der Waals surface area contributed by atoms with Crippen molar-refractivity contribution in [3.63, 3.8) is 0 Å². The highest BCUT2D eigenvalue weighted by atomic mass is 32.1. The van der Waals surface area contributed by atoms with Crippen LogP contribution in [0.1, 0.15) is 37.8 Å². The molecule has 1 amide bonds. The highest BCUT2D eigenvalue weighted by Crippen LogP contribution is 2.33. The molecule has 7 heteroatoms. The number of amides is 1. The maximum atomic E-state index is 12.4. The number of thiazole rings is 1. The Morgan fingerprint density at radius 3 is 2.62 bits per heavy atom. The van der Waals surface area contributed by atoms with Crippen LogP contribution in [0.5, 0.6) is 0 Å². The van der Waals surface area contributed by atoms with Crippen molar-refractivity contribution in [2.45, 2.75) is 51.1 Å². The second-order valence-electron chi connectivity index (χ2n) is 6.89. The summed E-state index contributed by atoms with van der Waals surface area (Å²) in [6, 6.07) is 0. The van der Waals surface area contributed by atoms with Crippen molar-refractivity contribution in [2.24, 2.45) is 0 Å². The summed E-state index contributed by atoms with van der Waals surface area (Å²) in [6.07, 6.45) is 5.98. The summed E-state index contributed by atoms with van der Waals surface area (Å²) in [4.78, 5) is 26.6. The van der Waals surface area contributed by atoms with Gasteiger partial charge in [0, 0.05) is 36.2 Å². The van der Waals surface area contributed by atoms with Gasteiger partial charge in [-0.3, -0.25) is 19.1 Å². The highest BCUT2D eigenvalue weighted by Gasteiger charge is 2.38. The van der Waals surface area contributed by atoms with Gasteiger partial charge in [-0.1, -0.05) is 30.6 Å². The number of hydrogen-bond acceptors (Lipinski definition) is 5. The molecule has 0 bridgehead atoms. The average Bonchev–Trinajstić information content (AvgIpc) is 2.93. The van der Waals surface area contributed by atoms with Gasteiger partial charge in [0.15, 0.2) is 0 Å². The minimum Gasteiger partial charge on any atom is -0.379 e. The van der Waals surface area contributed by atoms with Gasteiger partial charge in [0.1, 0.15) is 6.54 Å². The van der Waals surface area contributed by atoms with Crippen LogP contribution in [0.3, 0.4) is 0 Å². The molecule has 134 valence electrons. The van der Waals surface area contributed by atoms with Gasteiger partial charge < -0.3 is 10.1 Å².